The normalized spacial score (nSPS) is 15.5. The third-order valence-electron chi connectivity index (χ3n) is 4.61. The Morgan fingerprint density at radius 3 is 2.42 bits per heavy atom. The van der Waals surface area contributed by atoms with Gasteiger partial charge >= 0.3 is 12.0 Å². The van der Waals surface area contributed by atoms with Crippen molar-refractivity contribution < 1.29 is 14.3 Å². The average molecular weight is 361 g/mol. The smallest absolute Gasteiger partial charge is 0.338 e. The highest BCUT2D eigenvalue weighted by Crippen LogP contribution is 2.16. The van der Waals surface area contributed by atoms with E-state index in [-0.39, 0.29) is 12.0 Å². The molecular formula is C20H31N3O3. The second-order valence-electron chi connectivity index (χ2n) is 6.83. The van der Waals surface area contributed by atoms with Crippen molar-refractivity contribution in [3.63, 3.8) is 0 Å². The van der Waals surface area contributed by atoms with Crippen molar-refractivity contribution in [2.24, 2.45) is 5.92 Å². The second kappa shape index (κ2) is 10.8. The molecule has 144 valence electrons. The molecule has 1 saturated heterocycles. The summed E-state index contributed by atoms with van der Waals surface area (Å²) < 4.78 is 5.08. The lowest BCUT2D eigenvalue weighted by molar-refractivity contribution is 0.0505. The Morgan fingerprint density at radius 1 is 1.12 bits per heavy atom. The van der Waals surface area contributed by atoms with Crippen molar-refractivity contribution in [2.75, 3.05) is 38.1 Å². The van der Waals surface area contributed by atoms with Gasteiger partial charge in [-0.05, 0) is 75.5 Å². The van der Waals surface area contributed by atoms with E-state index >= 15 is 0 Å². The molecule has 0 bridgehead atoms. The quantitative estimate of drug-likeness (QED) is 0.695. The molecule has 1 aromatic carbocycles. The zero-order valence-electron chi connectivity index (χ0n) is 15.9. The van der Waals surface area contributed by atoms with Gasteiger partial charge in [0.2, 0.25) is 0 Å². The number of ether oxygens (including phenoxy) is 1. The Hall–Kier alpha value is -2.08. The fourth-order valence-corrected chi connectivity index (χ4v) is 3.11. The molecule has 1 aliphatic heterocycles. The van der Waals surface area contributed by atoms with Crippen LogP contribution < -0.4 is 10.6 Å². The molecule has 6 heteroatoms. The maximum Gasteiger partial charge on any atom is 0.338 e. The lowest BCUT2D eigenvalue weighted by Crippen LogP contribution is -2.40. The number of nitrogens with zero attached hydrogens (tertiary/aromatic N) is 1. The molecule has 26 heavy (non-hydrogen) atoms. The summed E-state index contributed by atoms with van der Waals surface area (Å²) in [4.78, 5) is 26.3. The van der Waals surface area contributed by atoms with Crippen molar-refractivity contribution >= 4 is 17.7 Å². The Balaban J connectivity index is 1.70. The highest BCUT2D eigenvalue weighted by molar-refractivity contribution is 5.92. The molecule has 2 amide bonds. The fourth-order valence-electron chi connectivity index (χ4n) is 3.11. The van der Waals surface area contributed by atoms with E-state index in [1.54, 1.807) is 24.3 Å². The Kier molecular flexibility index (Phi) is 8.41. The zero-order chi connectivity index (χ0) is 18.8. The summed E-state index contributed by atoms with van der Waals surface area (Å²) in [6, 6.07) is 6.55. The molecule has 0 radical (unpaired) electrons. The number of likely N-dealkylation sites (tertiary alicyclic amines) is 1. The summed E-state index contributed by atoms with van der Waals surface area (Å²) in [6.45, 7) is 8.69. The van der Waals surface area contributed by atoms with Crippen LogP contribution in [0, 0.1) is 5.92 Å². The van der Waals surface area contributed by atoms with E-state index in [0.717, 1.165) is 32.4 Å². The van der Waals surface area contributed by atoms with Gasteiger partial charge in [0.15, 0.2) is 0 Å². The van der Waals surface area contributed by atoms with Crippen LogP contribution in [0.2, 0.25) is 0 Å². The molecule has 2 N–H and O–H groups in total. The van der Waals surface area contributed by atoms with Crippen molar-refractivity contribution in [2.45, 2.75) is 39.5 Å². The maximum absolute atomic E-state index is 12.1. The molecule has 0 unspecified atom stereocenters. The van der Waals surface area contributed by atoms with E-state index < -0.39 is 0 Å². The predicted molar refractivity (Wildman–Crippen MR) is 103 cm³/mol. The van der Waals surface area contributed by atoms with Gasteiger partial charge in [0.1, 0.15) is 0 Å². The van der Waals surface area contributed by atoms with Crippen LogP contribution in [0.3, 0.4) is 0 Å². The minimum absolute atomic E-state index is 0.206. The molecule has 6 nitrogen and oxygen atoms in total. The van der Waals surface area contributed by atoms with Crippen LogP contribution in [0.15, 0.2) is 24.3 Å². The first kappa shape index (κ1) is 20.2. The molecular weight excluding hydrogens is 330 g/mol. The van der Waals surface area contributed by atoms with Gasteiger partial charge in [-0.15, -0.1) is 0 Å². The minimum Gasteiger partial charge on any atom is -0.462 e. The first-order chi connectivity index (χ1) is 12.6. The molecule has 0 spiro atoms. The summed E-state index contributed by atoms with van der Waals surface area (Å²) in [6.07, 6.45) is 4.26. The van der Waals surface area contributed by atoms with E-state index in [9.17, 15) is 9.59 Å². The molecule has 0 aliphatic carbocycles. The van der Waals surface area contributed by atoms with Gasteiger partial charge < -0.3 is 20.3 Å². The Morgan fingerprint density at radius 2 is 1.81 bits per heavy atom. The summed E-state index contributed by atoms with van der Waals surface area (Å²) in [7, 11) is 0. The summed E-state index contributed by atoms with van der Waals surface area (Å²) >= 11 is 0. The highest BCUT2D eigenvalue weighted by atomic mass is 16.5. The standard InChI is InChI=1S/C20H31N3O3/c1-3-11-23-12-9-16(10-13-23)15-21-20(25)22-18-7-5-17(6-8-18)19(24)26-14-4-2/h5-8,16H,3-4,9-15H2,1-2H3,(H2,21,22,25). The second-order valence-corrected chi connectivity index (χ2v) is 6.83. The molecule has 0 saturated carbocycles. The van der Waals surface area contributed by atoms with Gasteiger partial charge in [0.25, 0.3) is 0 Å². The Labute approximate surface area is 156 Å². The lowest BCUT2D eigenvalue weighted by Gasteiger charge is -2.31. The van der Waals surface area contributed by atoms with Gasteiger partial charge in [-0.2, -0.15) is 0 Å². The number of urea groups is 1. The van der Waals surface area contributed by atoms with Crippen molar-refractivity contribution in [3.8, 4) is 0 Å². The summed E-state index contributed by atoms with van der Waals surface area (Å²) in [5.41, 5.74) is 1.15. The van der Waals surface area contributed by atoms with Crippen LogP contribution in [-0.4, -0.2) is 49.7 Å². The van der Waals surface area contributed by atoms with Gasteiger partial charge in [-0.3, -0.25) is 0 Å². The van der Waals surface area contributed by atoms with Crippen LogP contribution >= 0.6 is 0 Å². The van der Waals surface area contributed by atoms with E-state index in [1.807, 2.05) is 6.92 Å². The number of esters is 1. The molecule has 0 aromatic heterocycles. The van der Waals surface area contributed by atoms with Crippen molar-refractivity contribution in [3.05, 3.63) is 29.8 Å². The van der Waals surface area contributed by atoms with Crippen molar-refractivity contribution in [1.29, 1.82) is 0 Å². The number of hydrogen-bond donors (Lipinski definition) is 2. The van der Waals surface area contributed by atoms with Gasteiger partial charge in [0.05, 0.1) is 12.2 Å². The van der Waals surface area contributed by atoms with Crippen LogP contribution in [0.25, 0.3) is 0 Å². The van der Waals surface area contributed by atoms with Crippen molar-refractivity contribution in [1.82, 2.24) is 10.2 Å². The average Bonchev–Trinajstić information content (AvgIpc) is 2.66. The van der Waals surface area contributed by atoms with Gasteiger partial charge in [-0.25, -0.2) is 9.59 Å². The number of hydrogen-bond acceptors (Lipinski definition) is 4. The van der Waals surface area contributed by atoms with Crippen LogP contribution in [0.1, 0.15) is 49.9 Å². The van der Waals surface area contributed by atoms with E-state index in [0.29, 0.717) is 30.3 Å². The number of nitrogens with one attached hydrogen (secondary N) is 2. The zero-order valence-corrected chi connectivity index (χ0v) is 15.9. The van der Waals surface area contributed by atoms with E-state index in [2.05, 4.69) is 22.5 Å². The number of piperidine rings is 1. The largest absolute Gasteiger partial charge is 0.462 e. The minimum atomic E-state index is -0.336. The molecule has 2 rings (SSSR count). The Bertz CT molecular complexity index is 566. The number of carbonyl (C=O) groups excluding carboxylic acids is 2. The first-order valence-corrected chi connectivity index (χ1v) is 9.66. The number of carbonyl (C=O) groups is 2. The van der Waals surface area contributed by atoms with Crippen LogP contribution in [0.5, 0.6) is 0 Å². The highest BCUT2D eigenvalue weighted by Gasteiger charge is 2.19. The molecule has 0 atom stereocenters. The summed E-state index contributed by atoms with van der Waals surface area (Å²) in [5, 5.41) is 5.76. The van der Waals surface area contributed by atoms with Gasteiger partial charge in [0, 0.05) is 12.2 Å². The number of anilines is 1. The van der Waals surface area contributed by atoms with Crippen LogP contribution in [0.4, 0.5) is 10.5 Å². The molecule has 1 fully saturated rings. The number of rotatable bonds is 8. The summed E-state index contributed by atoms with van der Waals surface area (Å²) in [5.74, 6) is 0.210. The molecule has 1 aromatic rings. The number of amides is 2. The van der Waals surface area contributed by atoms with Crippen LogP contribution in [-0.2, 0) is 4.74 Å². The predicted octanol–water partition coefficient (Wildman–Crippen LogP) is 3.50. The monoisotopic (exact) mass is 361 g/mol. The third-order valence-corrected chi connectivity index (χ3v) is 4.61. The third kappa shape index (κ3) is 6.67. The number of benzene rings is 1. The van der Waals surface area contributed by atoms with Gasteiger partial charge in [-0.1, -0.05) is 13.8 Å². The topological polar surface area (TPSA) is 70.7 Å². The van der Waals surface area contributed by atoms with E-state index in [4.69, 9.17) is 4.74 Å². The fraction of sp³-hybridized carbons (Fsp3) is 0.600. The van der Waals surface area contributed by atoms with E-state index in [1.165, 1.54) is 13.0 Å². The maximum atomic E-state index is 12.1. The molecule has 1 heterocycles. The molecule has 1 aliphatic rings. The lowest BCUT2D eigenvalue weighted by atomic mass is 9.97. The SMILES string of the molecule is CCCOC(=O)c1ccc(NC(=O)NCC2CCN(CCC)CC2)cc1. The first-order valence-electron chi connectivity index (χ1n) is 9.66.